The Morgan fingerprint density at radius 1 is 1.36 bits per heavy atom. The molecule has 0 aliphatic heterocycles. The molecule has 1 aromatic heterocycles. The van der Waals surface area contributed by atoms with Crippen molar-refractivity contribution in [2.24, 2.45) is 0 Å². The number of alkyl halides is 2. The van der Waals surface area contributed by atoms with Crippen molar-refractivity contribution in [3.8, 4) is 5.69 Å². The Balaban J connectivity index is 2.34. The maximum atomic E-state index is 13.5. The number of carbonyl (C=O) groups excluding carboxylic acids is 1. The third kappa shape index (κ3) is 4.78. The van der Waals surface area contributed by atoms with Crippen LogP contribution in [-0.4, -0.2) is 34.8 Å². The van der Waals surface area contributed by atoms with E-state index in [0.29, 0.717) is 22.8 Å². The van der Waals surface area contributed by atoms with Gasteiger partial charge in [-0.25, -0.2) is 13.9 Å². The van der Waals surface area contributed by atoms with E-state index in [1.807, 2.05) is 30.3 Å². The maximum Gasteiger partial charge on any atom is 0.412 e. The van der Waals surface area contributed by atoms with Gasteiger partial charge >= 0.3 is 6.09 Å². The predicted molar refractivity (Wildman–Crippen MR) is 92.8 cm³/mol. The van der Waals surface area contributed by atoms with Crippen molar-refractivity contribution in [1.29, 1.82) is 0 Å². The number of anilines is 1. The second-order valence-corrected chi connectivity index (χ2v) is 6.58. The average Bonchev–Trinajstić information content (AvgIpc) is 2.89. The predicted octanol–water partition coefficient (Wildman–Crippen LogP) is 4.55. The van der Waals surface area contributed by atoms with Crippen molar-refractivity contribution in [2.45, 2.75) is 39.3 Å². The molecule has 2 aromatic rings. The van der Waals surface area contributed by atoms with Gasteiger partial charge in [-0.1, -0.05) is 25.1 Å². The molecular weight excluding hydrogens is 328 g/mol. The van der Waals surface area contributed by atoms with Crippen LogP contribution >= 0.6 is 0 Å². The zero-order chi connectivity index (χ0) is 18.6. The first-order chi connectivity index (χ1) is 11.7. The molecule has 5 nitrogen and oxygen atoms in total. The van der Waals surface area contributed by atoms with Crippen LogP contribution in [0.4, 0.5) is 19.4 Å². The number of para-hydroxylation sites is 1. The van der Waals surface area contributed by atoms with Gasteiger partial charge in [-0.2, -0.15) is 5.10 Å². The van der Waals surface area contributed by atoms with Gasteiger partial charge in [0.15, 0.2) is 0 Å². The summed E-state index contributed by atoms with van der Waals surface area (Å²) in [5.41, 5.74) is 0.280. The number of nitrogens with zero attached hydrogens (tertiary/aromatic N) is 2. The van der Waals surface area contributed by atoms with E-state index in [9.17, 15) is 13.6 Å². The normalized spacial score (nSPS) is 12.7. The summed E-state index contributed by atoms with van der Waals surface area (Å²) in [7, 11) is 0. The lowest BCUT2D eigenvalue weighted by Crippen LogP contribution is -2.26. The summed E-state index contributed by atoms with van der Waals surface area (Å²) in [5.74, 6) is -0.0329. The van der Waals surface area contributed by atoms with E-state index in [-0.39, 0.29) is 6.61 Å². The summed E-state index contributed by atoms with van der Waals surface area (Å²) < 4.78 is 33.0. The zero-order valence-corrected chi connectivity index (χ0v) is 14.8. The summed E-state index contributed by atoms with van der Waals surface area (Å²) in [6, 6.07) is 9.15. The van der Waals surface area contributed by atoms with Crippen LogP contribution in [0.5, 0.6) is 0 Å². The minimum absolute atomic E-state index is 0.370. The van der Waals surface area contributed by atoms with Crippen LogP contribution in [0.1, 0.15) is 37.9 Å². The Labute approximate surface area is 146 Å². The molecule has 0 aliphatic rings. The Hall–Kier alpha value is -2.44. The molecule has 1 unspecified atom stereocenters. The lowest BCUT2D eigenvalue weighted by atomic mass is 10.1. The van der Waals surface area contributed by atoms with Gasteiger partial charge in [0, 0.05) is 11.5 Å². The van der Waals surface area contributed by atoms with Crippen molar-refractivity contribution in [2.75, 3.05) is 18.6 Å². The van der Waals surface area contributed by atoms with Crippen LogP contribution in [-0.2, 0) is 4.74 Å². The molecule has 0 spiro atoms. The molecule has 1 atom stereocenters. The molecule has 25 heavy (non-hydrogen) atoms. The number of nitrogens with one attached hydrogen (secondary N) is 1. The first-order valence-corrected chi connectivity index (χ1v) is 8.06. The molecule has 0 saturated carbocycles. The molecule has 0 aliphatic carbocycles. The minimum Gasteiger partial charge on any atom is -0.446 e. The quantitative estimate of drug-likeness (QED) is 0.831. The fourth-order valence-electron chi connectivity index (χ4n) is 2.33. The molecule has 1 aromatic carbocycles. The number of rotatable bonds is 6. The smallest absolute Gasteiger partial charge is 0.412 e. The minimum atomic E-state index is -1.63. The third-order valence-electron chi connectivity index (χ3n) is 3.62. The first-order valence-electron chi connectivity index (χ1n) is 8.06. The van der Waals surface area contributed by atoms with Crippen LogP contribution in [0.2, 0.25) is 0 Å². The van der Waals surface area contributed by atoms with Crippen LogP contribution < -0.4 is 5.32 Å². The topological polar surface area (TPSA) is 56.2 Å². The molecule has 0 radical (unpaired) electrons. The second kappa shape index (κ2) is 7.63. The number of halogens is 2. The van der Waals surface area contributed by atoms with E-state index in [1.54, 1.807) is 13.8 Å². The molecular formula is C18H23F2N3O2. The van der Waals surface area contributed by atoms with E-state index >= 15 is 0 Å². The number of carbonyl (C=O) groups is 1. The molecule has 0 saturated heterocycles. The van der Waals surface area contributed by atoms with E-state index in [4.69, 9.17) is 4.74 Å². The molecule has 1 N–H and O–H groups in total. The van der Waals surface area contributed by atoms with Crippen LogP contribution in [0.15, 0.2) is 30.3 Å². The van der Waals surface area contributed by atoms with Gasteiger partial charge in [-0.3, -0.25) is 9.71 Å². The monoisotopic (exact) mass is 351 g/mol. The van der Waals surface area contributed by atoms with Crippen LogP contribution in [0.25, 0.3) is 5.69 Å². The lowest BCUT2D eigenvalue weighted by molar-refractivity contribution is 0.0798. The maximum absolute atomic E-state index is 13.5. The van der Waals surface area contributed by atoms with E-state index in [1.165, 1.54) is 18.5 Å². The highest BCUT2D eigenvalue weighted by Crippen LogP contribution is 2.28. The van der Waals surface area contributed by atoms with Gasteiger partial charge in [0.05, 0.1) is 18.1 Å². The highest BCUT2D eigenvalue weighted by molar-refractivity contribution is 5.85. The van der Waals surface area contributed by atoms with Crippen molar-refractivity contribution in [3.63, 3.8) is 0 Å². The highest BCUT2D eigenvalue weighted by atomic mass is 19.1. The van der Waals surface area contributed by atoms with E-state index < -0.39 is 24.4 Å². The van der Waals surface area contributed by atoms with Crippen molar-refractivity contribution in [3.05, 3.63) is 41.6 Å². The Bertz CT molecular complexity index is 724. The third-order valence-corrected chi connectivity index (χ3v) is 3.62. The van der Waals surface area contributed by atoms with Crippen LogP contribution in [0.3, 0.4) is 0 Å². The number of hydrogen-bond acceptors (Lipinski definition) is 3. The molecule has 0 fully saturated rings. The molecule has 7 heteroatoms. The van der Waals surface area contributed by atoms with Gasteiger partial charge in [0.25, 0.3) is 0 Å². The summed E-state index contributed by atoms with van der Waals surface area (Å²) >= 11 is 0. The van der Waals surface area contributed by atoms with Gasteiger partial charge in [0.1, 0.15) is 18.1 Å². The van der Waals surface area contributed by atoms with E-state index in [2.05, 4.69) is 10.4 Å². The molecule has 136 valence electrons. The largest absolute Gasteiger partial charge is 0.446 e. The van der Waals surface area contributed by atoms with Crippen molar-refractivity contribution in [1.82, 2.24) is 9.78 Å². The lowest BCUT2D eigenvalue weighted by Gasteiger charge is -2.15. The molecule has 1 heterocycles. The summed E-state index contributed by atoms with van der Waals surface area (Å²) in [5, 5.41) is 7.04. The molecule has 2 rings (SSSR count). The van der Waals surface area contributed by atoms with Gasteiger partial charge in [-0.15, -0.1) is 0 Å². The van der Waals surface area contributed by atoms with Gasteiger partial charge in [0.2, 0.25) is 0 Å². The Morgan fingerprint density at radius 2 is 2.00 bits per heavy atom. The number of aromatic nitrogens is 2. The number of hydrogen-bond donors (Lipinski definition) is 1. The Morgan fingerprint density at radius 3 is 2.56 bits per heavy atom. The summed E-state index contributed by atoms with van der Waals surface area (Å²) in [6.07, 6.45) is -0.787. The van der Waals surface area contributed by atoms with Crippen molar-refractivity contribution >= 4 is 11.9 Å². The van der Waals surface area contributed by atoms with Gasteiger partial charge in [-0.05, 0) is 32.9 Å². The number of ether oxygens (including phenoxy) is 1. The second-order valence-electron chi connectivity index (χ2n) is 6.58. The van der Waals surface area contributed by atoms with Crippen molar-refractivity contribution < 1.29 is 18.3 Å². The summed E-state index contributed by atoms with van der Waals surface area (Å²) in [6.45, 7) is 5.18. The standard InChI is InChI=1S/C18H23F2N3O2/c1-12(10-19)15-13(2)16(21-17(24)25-11-18(3,4)20)23(22-15)14-8-6-5-7-9-14/h5-9,12H,10-11H2,1-4H3,(H,21,24). The van der Waals surface area contributed by atoms with E-state index in [0.717, 1.165) is 0 Å². The van der Waals surface area contributed by atoms with Crippen LogP contribution in [0, 0.1) is 6.92 Å². The Kier molecular flexibility index (Phi) is 5.77. The molecule has 1 amide bonds. The summed E-state index contributed by atoms with van der Waals surface area (Å²) in [4.78, 5) is 12.0. The SMILES string of the molecule is Cc1c(C(C)CF)nn(-c2ccccc2)c1NC(=O)OCC(C)(C)F. The first kappa shape index (κ1) is 18.9. The highest BCUT2D eigenvalue weighted by Gasteiger charge is 2.23. The zero-order valence-electron chi connectivity index (χ0n) is 14.8. The molecule has 0 bridgehead atoms. The number of amides is 1. The van der Waals surface area contributed by atoms with Gasteiger partial charge < -0.3 is 4.74 Å². The fourth-order valence-corrected chi connectivity index (χ4v) is 2.33. The average molecular weight is 351 g/mol. The number of benzene rings is 1. The fraction of sp³-hybridized carbons (Fsp3) is 0.444.